The van der Waals surface area contributed by atoms with Crippen LogP contribution in [0, 0.1) is 12.8 Å². The molecule has 6 nitrogen and oxygen atoms in total. The van der Waals surface area contributed by atoms with E-state index in [0.717, 1.165) is 18.7 Å². The van der Waals surface area contributed by atoms with E-state index in [0.29, 0.717) is 13.0 Å². The Morgan fingerprint density at radius 2 is 1.81 bits per heavy atom. The second-order valence-corrected chi connectivity index (χ2v) is 11.3. The van der Waals surface area contributed by atoms with Gasteiger partial charge in [-0.3, -0.25) is 9.69 Å². The Kier molecular flexibility index (Phi) is 8.27. The van der Waals surface area contributed by atoms with Crippen LogP contribution in [0.5, 0.6) is 0 Å². The minimum atomic E-state index is -3.78. The van der Waals surface area contributed by atoms with Crippen molar-refractivity contribution in [1.82, 2.24) is 14.9 Å². The molecular weight excluding hydrogens is 430 g/mol. The van der Waals surface area contributed by atoms with Crippen LogP contribution in [-0.2, 0) is 14.8 Å². The zero-order valence-corrected chi connectivity index (χ0v) is 20.1. The molecule has 0 spiro atoms. The summed E-state index contributed by atoms with van der Waals surface area (Å²) in [5.41, 5.74) is 0.983. The van der Waals surface area contributed by atoms with Gasteiger partial charge in [0.25, 0.3) is 0 Å². The van der Waals surface area contributed by atoms with Crippen molar-refractivity contribution in [2.45, 2.75) is 57.0 Å². The molecule has 2 unspecified atom stereocenters. The summed E-state index contributed by atoms with van der Waals surface area (Å²) in [6.07, 6.45) is 2.77. The highest BCUT2D eigenvalue weighted by atomic mass is 32.2. The third-order valence-corrected chi connectivity index (χ3v) is 8.04. The predicted molar refractivity (Wildman–Crippen MR) is 126 cm³/mol. The Bertz CT molecular complexity index is 935. The minimum absolute atomic E-state index is 0.125. The third-order valence-electron chi connectivity index (χ3n) is 5.57. The Labute approximate surface area is 190 Å². The topological polar surface area (TPSA) is 78.5 Å². The molecule has 1 fully saturated rings. The average molecular weight is 464 g/mol. The second-order valence-electron chi connectivity index (χ2n) is 8.64. The van der Waals surface area contributed by atoms with E-state index in [-0.39, 0.29) is 22.8 Å². The molecule has 0 bridgehead atoms. The number of aryl methyl sites for hydroxylation is 1. The maximum absolute atomic E-state index is 13.1. The number of amides is 1. The highest BCUT2D eigenvalue weighted by Gasteiger charge is 2.29. The lowest BCUT2D eigenvalue weighted by atomic mass is 10.0. The van der Waals surface area contributed by atoms with Crippen molar-refractivity contribution >= 4 is 27.3 Å². The van der Waals surface area contributed by atoms with E-state index in [9.17, 15) is 13.2 Å². The summed E-state index contributed by atoms with van der Waals surface area (Å²) in [7, 11) is -3.78. The van der Waals surface area contributed by atoms with Crippen LogP contribution >= 0.6 is 11.3 Å². The van der Waals surface area contributed by atoms with Crippen molar-refractivity contribution in [3.63, 3.8) is 0 Å². The van der Waals surface area contributed by atoms with Crippen LogP contribution in [0.1, 0.15) is 49.6 Å². The van der Waals surface area contributed by atoms with E-state index in [1.54, 1.807) is 35.6 Å². The molecule has 2 atom stereocenters. The Morgan fingerprint density at radius 1 is 1.13 bits per heavy atom. The minimum Gasteiger partial charge on any atom is -0.353 e. The van der Waals surface area contributed by atoms with Crippen LogP contribution < -0.4 is 10.0 Å². The van der Waals surface area contributed by atoms with E-state index in [2.05, 4.69) is 26.4 Å². The number of nitrogens with one attached hydrogen (secondary N) is 2. The molecule has 1 aromatic carbocycles. The third kappa shape index (κ3) is 6.62. The number of benzene rings is 1. The summed E-state index contributed by atoms with van der Waals surface area (Å²) >= 11 is 1.69. The number of likely N-dealkylation sites (tertiary alicyclic amines) is 1. The van der Waals surface area contributed by atoms with E-state index in [4.69, 9.17) is 0 Å². The first-order valence-electron chi connectivity index (χ1n) is 10.9. The van der Waals surface area contributed by atoms with Gasteiger partial charge in [0.15, 0.2) is 0 Å². The summed E-state index contributed by atoms with van der Waals surface area (Å²) in [6.45, 7) is 8.39. The molecule has 8 heteroatoms. The summed E-state index contributed by atoms with van der Waals surface area (Å²) < 4.78 is 28.4. The number of hydrogen-bond acceptors (Lipinski definition) is 5. The first kappa shape index (κ1) is 23.9. The van der Waals surface area contributed by atoms with Gasteiger partial charge in [-0.2, -0.15) is 4.72 Å². The van der Waals surface area contributed by atoms with E-state index in [1.807, 2.05) is 26.8 Å². The summed E-state index contributed by atoms with van der Waals surface area (Å²) in [6, 6.07) is 10.1. The van der Waals surface area contributed by atoms with Gasteiger partial charge in [0.1, 0.15) is 6.04 Å². The van der Waals surface area contributed by atoms with Crippen molar-refractivity contribution in [2.24, 2.45) is 5.92 Å². The van der Waals surface area contributed by atoms with E-state index < -0.39 is 16.1 Å². The molecule has 170 valence electrons. The maximum Gasteiger partial charge on any atom is 0.241 e. The maximum atomic E-state index is 13.1. The standard InChI is InChI=1S/C23H33N3O3S2/c1-17(2)15-20(25-31(28,29)19-10-8-18(3)9-11-19)23(27)24-16-21(22-7-6-14-30-22)26-12-4-5-13-26/h6-11,14,17,20-21,25H,4-5,12-13,15-16H2,1-3H3,(H,24,27). The quantitative estimate of drug-likeness (QED) is 0.563. The number of carbonyl (C=O) groups excluding carboxylic acids is 1. The number of carbonyl (C=O) groups is 1. The molecule has 2 N–H and O–H groups in total. The van der Waals surface area contributed by atoms with Gasteiger partial charge >= 0.3 is 0 Å². The largest absolute Gasteiger partial charge is 0.353 e. The smallest absolute Gasteiger partial charge is 0.241 e. The van der Waals surface area contributed by atoms with Crippen LogP contribution in [-0.4, -0.2) is 44.9 Å². The molecule has 0 saturated carbocycles. The van der Waals surface area contributed by atoms with Gasteiger partial charge in [-0.05, 0) is 68.8 Å². The summed E-state index contributed by atoms with van der Waals surface area (Å²) in [4.78, 5) is 16.9. The molecule has 1 aromatic heterocycles. The SMILES string of the molecule is Cc1ccc(S(=O)(=O)NC(CC(C)C)C(=O)NCC(c2cccs2)N2CCCC2)cc1. The highest BCUT2D eigenvalue weighted by molar-refractivity contribution is 7.89. The molecule has 31 heavy (non-hydrogen) atoms. The Morgan fingerprint density at radius 3 is 2.39 bits per heavy atom. The van der Waals surface area contributed by atoms with E-state index >= 15 is 0 Å². The summed E-state index contributed by atoms with van der Waals surface area (Å²) in [5, 5.41) is 5.09. The van der Waals surface area contributed by atoms with Crippen molar-refractivity contribution in [3.8, 4) is 0 Å². The molecule has 1 amide bonds. The lowest BCUT2D eigenvalue weighted by molar-refractivity contribution is -0.123. The molecule has 1 saturated heterocycles. The monoisotopic (exact) mass is 463 g/mol. The Hall–Kier alpha value is -1.74. The van der Waals surface area contributed by atoms with Gasteiger partial charge in [0.2, 0.25) is 15.9 Å². The lowest BCUT2D eigenvalue weighted by Gasteiger charge is -2.28. The molecule has 2 heterocycles. The van der Waals surface area contributed by atoms with Crippen LogP contribution in [0.25, 0.3) is 0 Å². The number of nitrogens with zero attached hydrogens (tertiary/aromatic N) is 1. The first-order chi connectivity index (χ1) is 14.8. The fraction of sp³-hybridized carbons (Fsp3) is 0.522. The predicted octanol–water partition coefficient (Wildman–Crippen LogP) is 3.70. The normalized spacial score (nSPS) is 17.0. The molecule has 3 rings (SSSR count). The van der Waals surface area contributed by atoms with Crippen molar-refractivity contribution < 1.29 is 13.2 Å². The summed E-state index contributed by atoms with van der Waals surface area (Å²) in [5.74, 6) is -0.103. The van der Waals surface area contributed by atoms with Crippen molar-refractivity contribution in [1.29, 1.82) is 0 Å². The highest BCUT2D eigenvalue weighted by Crippen LogP contribution is 2.28. The van der Waals surface area contributed by atoms with Gasteiger partial charge in [0.05, 0.1) is 10.9 Å². The number of rotatable bonds is 10. The van der Waals surface area contributed by atoms with Gasteiger partial charge in [-0.15, -0.1) is 11.3 Å². The average Bonchev–Trinajstić information content (AvgIpc) is 3.42. The zero-order chi connectivity index (χ0) is 22.4. The molecule has 0 radical (unpaired) electrons. The second kappa shape index (κ2) is 10.7. The molecule has 1 aliphatic rings. The molecular formula is C23H33N3O3S2. The number of sulfonamides is 1. The number of hydrogen-bond donors (Lipinski definition) is 2. The Balaban J connectivity index is 1.70. The van der Waals surface area contributed by atoms with Gasteiger partial charge in [-0.1, -0.05) is 37.6 Å². The fourth-order valence-electron chi connectivity index (χ4n) is 3.92. The van der Waals surface area contributed by atoms with Gasteiger partial charge in [0, 0.05) is 11.4 Å². The van der Waals surface area contributed by atoms with Crippen molar-refractivity contribution in [2.75, 3.05) is 19.6 Å². The van der Waals surface area contributed by atoms with Crippen molar-refractivity contribution in [3.05, 3.63) is 52.2 Å². The van der Waals surface area contributed by atoms with E-state index in [1.165, 1.54) is 17.7 Å². The molecule has 0 aliphatic carbocycles. The van der Waals surface area contributed by atoms with Crippen LogP contribution in [0.4, 0.5) is 0 Å². The first-order valence-corrected chi connectivity index (χ1v) is 13.3. The van der Waals surface area contributed by atoms with Gasteiger partial charge < -0.3 is 5.32 Å². The lowest BCUT2D eigenvalue weighted by Crippen LogP contribution is -2.49. The molecule has 2 aromatic rings. The van der Waals surface area contributed by atoms with Crippen LogP contribution in [0.2, 0.25) is 0 Å². The molecule has 1 aliphatic heterocycles. The van der Waals surface area contributed by atoms with Crippen LogP contribution in [0.15, 0.2) is 46.7 Å². The fourth-order valence-corrected chi connectivity index (χ4v) is 5.99. The van der Waals surface area contributed by atoms with Gasteiger partial charge in [-0.25, -0.2) is 8.42 Å². The zero-order valence-electron chi connectivity index (χ0n) is 18.5. The van der Waals surface area contributed by atoms with Crippen LogP contribution in [0.3, 0.4) is 0 Å². The number of thiophene rings is 1.